The van der Waals surface area contributed by atoms with Crippen molar-refractivity contribution in [2.45, 2.75) is 38.6 Å². The average Bonchev–Trinajstić information content (AvgIpc) is 2.83. The highest BCUT2D eigenvalue weighted by Gasteiger charge is 2.21. The van der Waals surface area contributed by atoms with Crippen molar-refractivity contribution in [2.24, 2.45) is 5.92 Å². The van der Waals surface area contributed by atoms with Crippen LogP contribution in [-0.4, -0.2) is 27.3 Å². The fourth-order valence-corrected chi connectivity index (χ4v) is 2.33. The minimum atomic E-state index is -1.05. The van der Waals surface area contributed by atoms with Crippen LogP contribution in [0.1, 0.15) is 43.1 Å². The summed E-state index contributed by atoms with van der Waals surface area (Å²) in [6.45, 7) is 2.14. The number of nitrogens with one attached hydrogen (secondary N) is 1. The quantitative estimate of drug-likeness (QED) is 0.836. The second-order valence-electron chi connectivity index (χ2n) is 4.59. The zero-order valence-electron chi connectivity index (χ0n) is 9.89. The molecule has 2 rings (SSSR count). The number of anilines is 1. The number of carbonyl (C=O) groups is 1. The molecule has 0 bridgehead atoms. The van der Waals surface area contributed by atoms with Crippen molar-refractivity contribution in [2.75, 3.05) is 5.32 Å². The van der Waals surface area contributed by atoms with Crippen LogP contribution in [0.2, 0.25) is 0 Å². The molecule has 0 aliphatic heterocycles. The van der Waals surface area contributed by atoms with Gasteiger partial charge in [0.25, 0.3) is 0 Å². The molecule has 1 aliphatic carbocycles. The van der Waals surface area contributed by atoms with Gasteiger partial charge < -0.3 is 10.4 Å². The Morgan fingerprint density at radius 1 is 1.41 bits per heavy atom. The Labute approximate surface area is 100 Å². The van der Waals surface area contributed by atoms with E-state index in [2.05, 4.69) is 22.4 Å². The topological polar surface area (TPSA) is 75.1 Å². The van der Waals surface area contributed by atoms with Gasteiger partial charge in [-0.15, -0.1) is 10.2 Å². The SMILES string of the molecule is CC(Nc1ccc(C(=O)O)nn1)C1CCCC1. The fraction of sp³-hybridized carbons (Fsp3) is 0.583. The molecule has 0 saturated heterocycles. The Kier molecular flexibility index (Phi) is 3.56. The van der Waals surface area contributed by atoms with Gasteiger partial charge >= 0.3 is 5.97 Å². The smallest absolute Gasteiger partial charge is 0.356 e. The first kappa shape index (κ1) is 11.8. The van der Waals surface area contributed by atoms with Crippen molar-refractivity contribution in [1.29, 1.82) is 0 Å². The van der Waals surface area contributed by atoms with Gasteiger partial charge in [0, 0.05) is 6.04 Å². The lowest BCUT2D eigenvalue weighted by molar-refractivity contribution is 0.0689. The Morgan fingerprint density at radius 2 is 2.12 bits per heavy atom. The number of aromatic carboxylic acids is 1. The molecule has 1 aromatic rings. The molecule has 1 fully saturated rings. The molecule has 0 radical (unpaired) electrons. The van der Waals surface area contributed by atoms with Crippen molar-refractivity contribution < 1.29 is 9.90 Å². The van der Waals surface area contributed by atoms with Crippen molar-refractivity contribution in [3.05, 3.63) is 17.8 Å². The monoisotopic (exact) mass is 235 g/mol. The van der Waals surface area contributed by atoms with Gasteiger partial charge in [0.2, 0.25) is 0 Å². The van der Waals surface area contributed by atoms with E-state index in [0.29, 0.717) is 17.8 Å². The summed E-state index contributed by atoms with van der Waals surface area (Å²) in [5.74, 6) is 0.290. The van der Waals surface area contributed by atoms with Crippen molar-refractivity contribution in [3.8, 4) is 0 Å². The van der Waals surface area contributed by atoms with Crippen LogP contribution in [0.4, 0.5) is 5.82 Å². The van der Waals surface area contributed by atoms with E-state index in [-0.39, 0.29) is 5.69 Å². The van der Waals surface area contributed by atoms with Crippen LogP contribution in [-0.2, 0) is 0 Å². The van der Waals surface area contributed by atoms with E-state index in [0.717, 1.165) is 0 Å². The molecule has 0 spiro atoms. The summed E-state index contributed by atoms with van der Waals surface area (Å²) in [5, 5.41) is 19.5. The van der Waals surface area contributed by atoms with Gasteiger partial charge in [-0.2, -0.15) is 0 Å². The van der Waals surface area contributed by atoms with Crippen molar-refractivity contribution in [1.82, 2.24) is 10.2 Å². The minimum absolute atomic E-state index is 0.0240. The first-order valence-corrected chi connectivity index (χ1v) is 6.00. The maximum absolute atomic E-state index is 10.6. The molecule has 92 valence electrons. The van der Waals surface area contributed by atoms with E-state index < -0.39 is 5.97 Å². The first-order chi connectivity index (χ1) is 8.16. The zero-order chi connectivity index (χ0) is 12.3. The van der Waals surface area contributed by atoms with Gasteiger partial charge in [-0.1, -0.05) is 12.8 Å². The van der Waals surface area contributed by atoms with Crippen LogP contribution >= 0.6 is 0 Å². The summed E-state index contributed by atoms with van der Waals surface area (Å²) >= 11 is 0. The zero-order valence-corrected chi connectivity index (χ0v) is 9.89. The molecule has 0 amide bonds. The molecule has 17 heavy (non-hydrogen) atoms. The molecule has 1 aromatic heterocycles. The summed E-state index contributed by atoms with van der Waals surface area (Å²) in [6.07, 6.45) is 5.13. The molecular formula is C12H17N3O2. The third-order valence-corrected chi connectivity index (χ3v) is 3.37. The van der Waals surface area contributed by atoms with Crippen molar-refractivity contribution in [3.63, 3.8) is 0 Å². The summed E-state index contributed by atoms with van der Waals surface area (Å²) in [4.78, 5) is 10.6. The Morgan fingerprint density at radius 3 is 2.65 bits per heavy atom. The minimum Gasteiger partial charge on any atom is -0.476 e. The van der Waals surface area contributed by atoms with Gasteiger partial charge in [-0.25, -0.2) is 4.79 Å². The summed E-state index contributed by atoms with van der Waals surface area (Å²) < 4.78 is 0. The number of aromatic nitrogens is 2. The van der Waals surface area contributed by atoms with Crippen LogP contribution < -0.4 is 5.32 Å². The molecule has 5 heteroatoms. The summed E-state index contributed by atoms with van der Waals surface area (Å²) in [6, 6.07) is 3.50. The first-order valence-electron chi connectivity index (χ1n) is 6.00. The molecule has 1 atom stereocenters. The molecule has 1 heterocycles. The maximum atomic E-state index is 10.6. The van der Waals surface area contributed by atoms with Crippen LogP contribution in [0.3, 0.4) is 0 Å². The summed E-state index contributed by atoms with van der Waals surface area (Å²) in [7, 11) is 0. The highest BCUT2D eigenvalue weighted by molar-refractivity contribution is 5.85. The molecule has 1 aliphatic rings. The summed E-state index contributed by atoms with van der Waals surface area (Å²) in [5.41, 5.74) is -0.0240. The highest BCUT2D eigenvalue weighted by atomic mass is 16.4. The van der Waals surface area contributed by atoms with Crippen LogP contribution in [0, 0.1) is 5.92 Å². The number of nitrogens with zero attached hydrogens (tertiary/aromatic N) is 2. The van der Waals surface area contributed by atoms with Gasteiger partial charge in [0.1, 0.15) is 5.82 Å². The molecule has 0 aromatic carbocycles. The molecule has 1 unspecified atom stereocenters. The second kappa shape index (κ2) is 5.12. The Bertz CT molecular complexity index is 385. The van der Waals surface area contributed by atoms with Crippen LogP contribution in [0.5, 0.6) is 0 Å². The van der Waals surface area contributed by atoms with Crippen molar-refractivity contribution >= 4 is 11.8 Å². The lowest BCUT2D eigenvalue weighted by atomic mass is 10.00. The van der Waals surface area contributed by atoms with E-state index in [4.69, 9.17) is 5.11 Å². The van der Waals surface area contributed by atoms with Gasteiger partial charge in [-0.05, 0) is 37.8 Å². The standard InChI is InChI=1S/C12H17N3O2/c1-8(9-4-2-3-5-9)13-11-7-6-10(12(16)17)14-15-11/h6-9H,2-5H2,1H3,(H,13,15)(H,16,17). The number of carboxylic acids is 1. The largest absolute Gasteiger partial charge is 0.476 e. The van der Waals surface area contributed by atoms with E-state index in [1.807, 2.05) is 0 Å². The van der Waals surface area contributed by atoms with Gasteiger partial charge in [-0.3, -0.25) is 0 Å². The average molecular weight is 235 g/mol. The van der Waals surface area contributed by atoms with Gasteiger partial charge in [0.05, 0.1) is 0 Å². The highest BCUT2D eigenvalue weighted by Crippen LogP contribution is 2.28. The van der Waals surface area contributed by atoms with E-state index >= 15 is 0 Å². The molecular weight excluding hydrogens is 218 g/mol. The number of carboxylic acid groups (broad SMARTS) is 1. The third-order valence-electron chi connectivity index (χ3n) is 3.37. The number of rotatable bonds is 4. The number of hydrogen-bond donors (Lipinski definition) is 2. The molecule has 1 saturated carbocycles. The lowest BCUT2D eigenvalue weighted by Crippen LogP contribution is -2.24. The second-order valence-corrected chi connectivity index (χ2v) is 4.59. The molecule has 2 N–H and O–H groups in total. The predicted molar refractivity (Wildman–Crippen MR) is 64.0 cm³/mol. The number of hydrogen-bond acceptors (Lipinski definition) is 4. The molecule has 5 nitrogen and oxygen atoms in total. The predicted octanol–water partition coefficient (Wildman–Crippen LogP) is 2.17. The third kappa shape index (κ3) is 2.93. The van der Waals surface area contributed by atoms with Gasteiger partial charge in [0.15, 0.2) is 5.69 Å². The van der Waals surface area contributed by atoms with E-state index in [1.165, 1.54) is 31.7 Å². The Hall–Kier alpha value is -1.65. The lowest BCUT2D eigenvalue weighted by Gasteiger charge is -2.20. The maximum Gasteiger partial charge on any atom is 0.356 e. The van der Waals surface area contributed by atoms with Crippen LogP contribution in [0.15, 0.2) is 12.1 Å². The van der Waals surface area contributed by atoms with E-state index in [1.54, 1.807) is 6.07 Å². The van der Waals surface area contributed by atoms with E-state index in [9.17, 15) is 4.79 Å². The van der Waals surface area contributed by atoms with Crippen LogP contribution in [0.25, 0.3) is 0 Å². The Balaban J connectivity index is 1.96. The fourth-order valence-electron chi connectivity index (χ4n) is 2.33. The normalized spacial score (nSPS) is 17.9.